The van der Waals surface area contributed by atoms with Crippen LogP contribution in [-0.2, 0) is 9.84 Å². The first-order valence-corrected chi connectivity index (χ1v) is 7.83. The molecule has 1 aliphatic heterocycles. The lowest BCUT2D eigenvalue weighted by Crippen LogP contribution is -2.38. The van der Waals surface area contributed by atoms with Crippen molar-refractivity contribution in [2.75, 3.05) is 24.7 Å². The molecule has 0 radical (unpaired) electrons. The molecule has 0 amide bonds. The topological polar surface area (TPSA) is 58.2 Å². The number of sulfone groups is 1. The third-order valence-electron chi connectivity index (χ3n) is 3.03. The van der Waals surface area contributed by atoms with Gasteiger partial charge < -0.3 is 10.6 Å². The molecule has 1 aromatic rings. The first kappa shape index (κ1) is 13.3. The fourth-order valence-electron chi connectivity index (χ4n) is 2.04. The van der Waals surface area contributed by atoms with E-state index in [1.807, 2.05) is 0 Å². The van der Waals surface area contributed by atoms with Crippen LogP contribution in [0.25, 0.3) is 0 Å². The minimum Gasteiger partial charge on any atom is -0.379 e. The second kappa shape index (κ2) is 5.24. The summed E-state index contributed by atoms with van der Waals surface area (Å²) in [5.41, 5.74) is 0.358. The van der Waals surface area contributed by atoms with Crippen molar-refractivity contribution in [3.63, 3.8) is 0 Å². The van der Waals surface area contributed by atoms with E-state index >= 15 is 0 Å². The lowest BCUT2D eigenvalue weighted by Gasteiger charge is -2.25. The van der Waals surface area contributed by atoms with Crippen molar-refractivity contribution in [1.29, 1.82) is 0 Å². The average molecular weight is 272 g/mol. The largest absolute Gasteiger partial charge is 0.379 e. The van der Waals surface area contributed by atoms with E-state index in [1.54, 1.807) is 0 Å². The second-order valence-electron chi connectivity index (χ2n) is 4.60. The predicted octanol–water partition coefficient (Wildman–Crippen LogP) is 1.39. The Morgan fingerprint density at radius 3 is 2.78 bits per heavy atom. The third-order valence-corrected chi connectivity index (χ3v) is 4.14. The lowest BCUT2D eigenvalue weighted by molar-refractivity contribution is 0.477. The van der Waals surface area contributed by atoms with Gasteiger partial charge in [-0.2, -0.15) is 0 Å². The van der Waals surface area contributed by atoms with Crippen molar-refractivity contribution in [3.05, 3.63) is 24.0 Å². The minimum atomic E-state index is -3.36. The Balaban J connectivity index is 2.14. The zero-order valence-corrected chi connectivity index (χ0v) is 11.1. The van der Waals surface area contributed by atoms with Crippen molar-refractivity contribution in [2.24, 2.45) is 0 Å². The highest BCUT2D eigenvalue weighted by atomic mass is 32.2. The quantitative estimate of drug-likeness (QED) is 0.873. The molecule has 1 unspecified atom stereocenters. The smallest absolute Gasteiger partial charge is 0.175 e. The molecular formula is C12H17FN2O2S. The van der Waals surface area contributed by atoms with Crippen LogP contribution in [0.15, 0.2) is 23.1 Å². The molecule has 1 fully saturated rings. The van der Waals surface area contributed by atoms with Crippen LogP contribution in [0, 0.1) is 5.82 Å². The van der Waals surface area contributed by atoms with E-state index in [-0.39, 0.29) is 10.9 Å². The molecule has 0 aromatic heterocycles. The van der Waals surface area contributed by atoms with Crippen molar-refractivity contribution < 1.29 is 12.8 Å². The normalized spacial score (nSPS) is 20.7. The number of benzene rings is 1. The number of anilines is 1. The molecule has 100 valence electrons. The van der Waals surface area contributed by atoms with Gasteiger partial charge in [0.1, 0.15) is 5.82 Å². The van der Waals surface area contributed by atoms with Crippen LogP contribution in [0.3, 0.4) is 0 Å². The molecule has 0 spiro atoms. The number of nitrogens with one attached hydrogen (secondary N) is 2. The van der Waals surface area contributed by atoms with Crippen LogP contribution in [0.5, 0.6) is 0 Å². The highest BCUT2D eigenvalue weighted by Crippen LogP contribution is 2.20. The van der Waals surface area contributed by atoms with Gasteiger partial charge in [0.2, 0.25) is 0 Å². The number of piperidine rings is 1. The Labute approximate surface area is 107 Å². The summed E-state index contributed by atoms with van der Waals surface area (Å²) in [5.74, 6) is -0.525. The Kier molecular flexibility index (Phi) is 3.87. The molecule has 6 heteroatoms. The van der Waals surface area contributed by atoms with E-state index in [9.17, 15) is 12.8 Å². The van der Waals surface area contributed by atoms with Crippen LogP contribution < -0.4 is 10.6 Å². The first-order chi connectivity index (χ1) is 8.47. The molecule has 2 rings (SSSR count). The predicted molar refractivity (Wildman–Crippen MR) is 69.0 cm³/mol. The molecule has 0 bridgehead atoms. The van der Waals surface area contributed by atoms with E-state index in [2.05, 4.69) is 10.6 Å². The van der Waals surface area contributed by atoms with Gasteiger partial charge in [0.05, 0.1) is 10.6 Å². The van der Waals surface area contributed by atoms with Gasteiger partial charge in [-0.05, 0) is 37.6 Å². The van der Waals surface area contributed by atoms with Gasteiger partial charge in [-0.15, -0.1) is 0 Å². The van der Waals surface area contributed by atoms with E-state index in [0.29, 0.717) is 5.69 Å². The van der Waals surface area contributed by atoms with Crippen LogP contribution >= 0.6 is 0 Å². The third kappa shape index (κ3) is 3.20. The van der Waals surface area contributed by atoms with Gasteiger partial charge in [-0.3, -0.25) is 0 Å². The maximum absolute atomic E-state index is 13.8. The van der Waals surface area contributed by atoms with Gasteiger partial charge in [0.15, 0.2) is 9.84 Å². The molecule has 1 aliphatic rings. The van der Waals surface area contributed by atoms with Gasteiger partial charge in [0.25, 0.3) is 0 Å². The maximum atomic E-state index is 13.8. The van der Waals surface area contributed by atoms with E-state index in [1.165, 1.54) is 12.1 Å². The molecule has 0 saturated carbocycles. The summed E-state index contributed by atoms with van der Waals surface area (Å²) in [6.07, 6.45) is 3.11. The highest BCUT2D eigenvalue weighted by Gasteiger charge is 2.16. The Morgan fingerprint density at radius 1 is 1.44 bits per heavy atom. The van der Waals surface area contributed by atoms with E-state index in [4.69, 9.17) is 0 Å². The molecule has 1 heterocycles. The van der Waals surface area contributed by atoms with Gasteiger partial charge in [-0.25, -0.2) is 12.8 Å². The van der Waals surface area contributed by atoms with E-state index < -0.39 is 15.7 Å². The summed E-state index contributed by atoms with van der Waals surface area (Å²) in [5, 5.41) is 6.32. The van der Waals surface area contributed by atoms with Crippen LogP contribution in [0.4, 0.5) is 10.1 Å². The number of rotatable bonds is 3. The first-order valence-electron chi connectivity index (χ1n) is 5.94. The van der Waals surface area contributed by atoms with Crippen LogP contribution in [0.2, 0.25) is 0 Å². The standard InChI is InChI=1S/C12H17FN2O2S/c1-18(16,17)10-4-5-12(11(13)7-10)15-9-3-2-6-14-8-9/h4-5,7,9,14-15H,2-3,6,8H2,1H3. The van der Waals surface area contributed by atoms with Crippen LogP contribution in [-0.4, -0.2) is 33.8 Å². The summed E-state index contributed by atoms with van der Waals surface area (Å²) in [6, 6.07) is 4.17. The van der Waals surface area contributed by atoms with Gasteiger partial charge in [-0.1, -0.05) is 0 Å². The molecule has 4 nitrogen and oxygen atoms in total. The zero-order chi connectivity index (χ0) is 13.2. The summed E-state index contributed by atoms with van der Waals surface area (Å²) < 4.78 is 36.4. The van der Waals surface area contributed by atoms with Crippen molar-refractivity contribution in [1.82, 2.24) is 5.32 Å². The summed E-state index contributed by atoms with van der Waals surface area (Å²) in [4.78, 5) is 0.00678. The SMILES string of the molecule is CS(=O)(=O)c1ccc(NC2CCCNC2)c(F)c1. The monoisotopic (exact) mass is 272 g/mol. The van der Waals surface area contributed by atoms with E-state index in [0.717, 1.165) is 38.3 Å². The molecule has 18 heavy (non-hydrogen) atoms. The Morgan fingerprint density at radius 2 is 2.22 bits per heavy atom. The van der Waals surface area contributed by atoms with Crippen LogP contribution in [0.1, 0.15) is 12.8 Å². The molecule has 1 saturated heterocycles. The summed E-state index contributed by atoms with van der Waals surface area (Å²) in [7, 11) is -3.36. The zero-order valence-electron chi connectivity index (χ0n) is 10.2. The fourth-order valence-corrected chi connectivity index (χ4v) is 2.67. The number of hydrogen-bond acceptors (Lipinski definition) is 4. The minimum absolute atomic E-state index is 0.00678. The highest BCUT2D eigenvalue weighted by molar-refractivity contribution is 7.90. The van der Waals surface area contributed by atoms with Crippen molar-refractivity contribution >= 4 is 15.5 Å². The number of hydrogen-bond donors (Lipinski definition) is 2. The average Bonchev–Trinajstić information content (AvgIpc) is 2.32. The lowest BCUT2D eigenvalue weighted by atomic mass is 10.1. The molecule has 1 atom stereocenters. The molecular weight excluding hydrogens is 255 g/mol. The Bertz CT molecular complexity index is 525. The summed E-state index contributed by atoms with van der Waals surface area (Å²) >= 11 is 0. The van der Waals surface area contributed by atoms with Crippen molar-refractivity contribution in [3.8, 4) is 0 Å². The number of halogens is 1. The van der Waals surface area contributed by atoms with Gasteiger partial charge >= 0.3 is 0 Å². The van der Waals surface area contributed by atoms with Crippen molar-refractivity contribution in [2.45, 2.75) is 23.8 Å². The fraction of sp³-hybridized carbons (Fsp3) is 0.500. The second-order valence-corrected chi connectivity index (χ2v) is 6.62. The molecule has 0 aliphatic carbocycles. The maximum Gasteiger partial charge on any atom is 0.175 e. The van der Waals surface area contributed by atoms with Gasteiger partial charge in [0, 0.05) is 18.8 Å². The molecule has 2 N–H and O–H groups in total. The molecule has 1 aromatic carbocycles. The summed E-state index contributed by atoms with van der Waals surface area (Å²) in [6.45, 7) is 1.79. The Hall–Kier alpha value is -1.14.